The summed E-state index contributed by atoms with van der Waals surface area (Å²) in [5, 5.41) is -1.99. The number of hydrogen-bond acceptors (Lipinski definition) is 5. The van der Waals surface area contributed by atoms with Crippen LogP contribution in [0.3, 0.4) is 0 Å². The summed E-state index contributed by atoms with van der Waals surface area (Å²) in [4.78, 5) is 0. The molecule has 0 aliphatic carbocycles. The summed E-state index contributed by atoms with van der Waals surface area (Å²) in [7, 11) is -10.2. The number of halogens is 1. The second-order valence-corrected chi connectivity index (χ2v) is 4.35. The van der Waals surface area contributed by atoms with E-state index in [0.717, 1.165) is 0 Å². The molecule has 0 aromatic rings. The molecule has 0 spiro atoms. The van der Waals surface area contributed by atoms with Gasteiger partial charge in [0.2, 0.25) is 0 Å². The Labute approximate surface area is 100 Å². The van der Waals surface area contributed by atoms with Crippen molar-refractivity contribution in [2.24, 2.45) is 0 Å². The Morgan fingerprint density at radius 3 is 1.50 bits per heavy atom. The van der Waals surface area contributed by atoms with Crippen LogP contribution in [0.25, 0.3) is 0 Å². The molecule has 0 unspecified atom stereocenters. The van der Waals surface area contributed by atoms with Crippen LogP contribution in [0.4, 0.5) is 3.89 Å². The van der Waals surface area contributed by atoms with E-state index in [2.05, 4.69) is 0 Å². The van der Waals surface area contributed by atoms with Gasteiger partial charge < -0.3 is 4.55 Å². The average Bonchev–Trinajstić information content (AvgIpc) is 1.14. The van der Waals surface area contributed by atoms with Gasteiger partial charge in [-0.2, -0.15) is 8.42 Å². The fourth-order valence-corrected chi connectivity index (χ4v) is 1.55. The van der Waals surface area contributed by atoms with Crippen molar-refractivity contribution >= 4 is 20.3 Å². The second kappa shape index (κ2) is 4.45. The molecule has 0 radical (unpaired) electrons. The van der Waals surface area contributed by atoms with Crippen LogP contribution in [-0.2, 0) is 20.3 Å². The van der Waals surface area contributed by atoms with E-state index >= 15 is 0 Å². The van der Waals surface area contributed by atoms with Crippen molar-refractivity contribution in [3.63, 3.8) is 0 Å². The van der Waals surface area contributed by atoms with E-state index in [1.54, 1.807) is 0 Å². The molecule has 0 atom stereocenters. The molecule has 0 aromatic carbocycles. The van der Waals surface area contributed by atoms with Gasteiger partial charge in [-0.3, -0.25) is 0 Å². The molecule has 0 aliphatic heterocycles. The minimum atomic E-state index is -5.18. The topological polar surface area (TPSA) is 91.3 Å². The summed E-state index contributed by atoms with van der Waals surface area (Å²) < 4.78 is 58.5. The van der Waals surface area contributed by atoms with Crippen molar-refractivity contribution in [3.05, 3.63) is 0 Å². The molecule has 0 saturated heterocycles. The van der Waals surface area contributed by atoms with Crippen LogP contribution in [0.1, 0.15) is 0 Å². The zero-order chi connectivity index (χ0) is 7.71. The van der Waals surface area contributed by atoms with Crippen LogP contribution < -0.4 is 51.4 Å². The van der Waals surface area contributed by atoms with Gasteiger partial charge >= 0.3 is 61.6 Å². The van der Waals surface area contributed by atoms with Gasteiger partial charge in [0.15, 0.2) is 5.08 Å². The molecule has 0 amide bonds. The molecule has 0 heterocycles. The molecule has 0 saturated carbocycles. The Hall–Kier alpha value is 1.43. The van der Waals surface area contributed by atoms with Gasteiger partial charge in [0.1, 0.15) is 10.1 Å². The minimum absolute atomic E-state index is 0. The number of rotatable bonds is 2. The number of hydrogen-bond donors (Lipinski definition) is 0. The van der Waals surface area contributed by atoms with E-state index in [1.807, 2.05) is 0 Å². The second-order valence-electron chi connectivity index (χ2n) is 1.21. The average molecular weight is 216 g/mol. The molecule has 0 rings (SSSR count). The zero-order valence-electron chi connectivity index (χ0n) is 4.94. The van der Waals surface area contributed by atoms with E-state index in [4.69, 9.17) is 0 Å². The van der Waals surface area contributed by atoms with Crippen molar-refractivity contribution in [2.75, 3.05) is 5.08 Å². The van der Waals surface area contributed by atoms with E-state index < -0.39 is 25.4 Å². The minimum Gasteiger partial charge on any atom is -0.747 e. The molecule has 5 nitrogen and oxygen atoms in total. The van der Waals surface area contributed by atoms with Crippen LogP contribution in [0.5, 0.6) is 0 Å². The fourth-order valence-electron chi connectivity index (χ4n) is 0.172. The molecule has 0 fully saturated rings. The van der Waals surface area contributed by atoms with Crippen LogP contribution in [-0.4, -0.2) is 26.5 Å². The Bertz CT molecular complexity index is 245. The van der Waals surface area contributed by atoms with Crippen molar-refractivity contribution < 1.29 is 76.7 Å². The van der Waals surface area contributed by atoms with E-state index in [0.29, 0.717) is 0 Å². The van der Waals surface area contributed by atoms with Gasteiger partial charge in [0.25, 0.3) is 0 Å². The summed E-state index contributed by atoms with van der Waals surface area (Å²) in [5.74, 6) is 0. The molecule has 56 valence electrons. The van der Waals surface area contributed by atoms with Gasteiger partial charge in [-0.05, 0) is 0 Å². The van der Waals surface area contributed by atoms with Crippen LogP contribution >= 0.6 is 0 Å². The van der Waals surface area contributed by atoms with Crippen molar-refractivity contribution in [1.82, 2.24) is 0 Å². The predicted molar refractivity (Wildman–Crippen MR) is 24.6 cm³/mol. The first-order chi connectivity index (χ1) is 3.71. The van der Waals surface area contributed by atoms with Gasteiger partial charge in [-0.1, -0.05) is 0 Å². The molecular formula is CH2FKO5S2. The van der Waals surface area contributed by atoms with Gasteiger partial charge in [-0.25, -0.2) is 8.42 Å². The first kappa shape index (κ1) is 14.0. The monoisotopic (exact) mass is 216 g/mol. The summed E-state index contributed by atoms with van der Waals surface area (Å²) >= 11 is 0. The first-order valence-corrected chi connectivity index (χ1v) is 4.69. The standard InChI is InChI=1S/CH3FO5S2.K/c2-8(3,4)1-9(5,6)7;/h1H2,(H,5,6,7);/q;+1/p-1. The summed E-state index contributed by atoms with van der Waals surface area (Å²) in [6, 6.07) is 0. The quantitative estimate of drug-likeness (QED) is 0.265. The molecular weight excluding hydrogens is 214 g/mol. The molecule has 9 heteroatoms. The van der Waals surface area contributed by atoms with Gasteiger partial charge in [-0.15, -0.1) is 3.89 Å². The molecule has 0 bridgehead atoms. The molecule has 10 heavy (non-hydrogen) atoms. The van der Waals surface area contributed by atoms with E-state index in [9.17, 15) is 25.3 Å². The van der Waals surface area contributed by atoms with Crippen molar-refractivity contribution in [2.45, 2.75) is 0 Å². The maximum absolute atomic E-state index is 11.3. The Kier molecular flexibility index (Phi) is 6.22. The maximum Gasteiger partial charge on any atom is 1.00 e. The van der Waals surface area contributed by atoms with Crippen LogP contribution in [0.2, 0.25) is 0 Å². The first-order valence-electron chi connectivity index (χ1n) is 1.56. The SMILES string of the molecule is O=S(=O)([O-])CS(=O)(=O)F.[K+]. The molecule has 0 aliphatic rings. The third kappa shape index (κ3) is 12.1. The van der Waals surface area contributed by atoms with E-state index in [1.165, 1.54) is 0 Å². The summed E-state index contributed by atoms with van der Waals surface area (Å²) in [5.41, 5.74) is 0. The summed E-state index contributed by atoms with van der Waals surface area (Å²) in [6.07, 6.45) is 0. The predicted octanol–water partition coefficient (Wildman–Crippen LogP) is -4.21. The zero-order valence-corrected chi connectivity index (χ0v) is 9.70. The van der Waals surface area contributed by atoms with Crippen LogP contribution in [0.15, 0.2) is 0 Å². The smallest absolute Gasteiger partial charge is 0.747 e. The van der Waals surface area contributed by atoms with Crippen LogP contribution in [0, 0.1) is 0 Å². The van der Waals surface area contributed by atoms with Gasteiger partial charge in [0.05, 0.1) is 0 Å². The Morgan fingerprint density at radius 1 is 1.20 bits per heavy atom. The fraction of sp³-hybridized carbons (Fsp3) is 1.00. The Balaban J connectivity index is 0. The van der Waals surface area contributed by atoms with Crippen molar-refractivity contribution in [3.8, 4) is 0 Å². The largest absolute Gasteiger partial charge is 1.00 e. The summed E-state index contributed by atoms with van der Waals surface area (Å²) in [6.45, 7) is 0. The van der Waals surface area contributed by atoms with Crippen molar-refractivity contribution in [1.29, 1.82) is 0 Å². The Morgan fingerprint density at radius 2 is 1.50 bits per heavy atom. The third-order valence-electron chi connectivity index (χ3n) is 0.285. The molecule has 0 aromatic heterocycles. The normalized spacial score (nSPS) is 12.2. The van der Waals surface area contributed by atoms with E-state index in [-0.39, 0.29) is 51.4 Å². The van der Waals surface area contributed by atoms with Gasteiger partial charge in [0, 0.05) is 0 Å². The molecule has 0 N–H and O–H groups in total. The third-order valence-corrected chi connectivity index (χ3v) is 2.57. The maximum atomic E-state index is 11.3.